The molecule has 154 valence electrons. The van der Waals surface area contributed by atoms with Gasteiger partial charge in [-0.05, 0) is 45.1 Å². The first-order chi connectivity index (χ1) is 13.5. The van der Waals surface area contributed by atoms with Crippen molar-refractivity contribution in [3.8, 4) is 0 Å². The Hall–Kier alpha value is -1.60. The lowest BCUT2D eigenvalue weighted by Gasteiger charge is -2.42. The van der Waals surface area contributed by atoms with Crippen molar-refractivity contribution >= 4 is 23.4 Å². The quantitative estimate of drug-likeness (QED) is 0.769. The third-order valence-corrected chi connectivity index (χ3v) is 6.75. The normalized spacial score (nSPS) is 24.7. The Kier molecular flexibility index (Phi) is 5.92. The molecule has 1 atom stereocenters. The predicted octanol–water partition coefficient (Wildman–Crippen LogP) is 2.01. The van der Waals surface area contributed by atoms with Crippen LogP contribution in [0.2, 0.25) is 5.02 Å². The number of hydrogen-bond donors (Lipinski definition) is 0. The average Bonchev–Trinajstić information content (AvgIpc) is 3.37. The third-order valence-electron chi connectivity index (χ3n) is 6.47. The molecule has 0 saturated carbocycles. The van der Waals surface area contributed by atoms with E-state index in [1.807, 2.05) is 4.90 Å². The number of halogens is 1. The van der Waals surface area contributed by atoms with Crippen LogP contribution < -0.4 is 0 Å². The topological polar surface area (TPSA) is 61.7 Å². The summed E-state index contributed by atoms with van der Waals surface area (Å²) in [6.45, 7) is 5.25. The first-order valence-corrected chi connectivity index (χ1v) is 10.9. The van der Waals surface area contributed by atoms with Gasteiger partial charge in [-0.3, -0.25) is 19.2 Å². The molecule has 2 amide bonds. The Morgan fingerprint density at radius 3 is 2.36 bits per heavy atom. The molecule has 3 fully saturated rings. The average molecular weight is 408 g/mol. The van der Waals surface area contributed by atoms with E-state index in [0.29, 0.717) is 22.7 Å². The summed E-state index contributed by atoms with van der Waals surface area (Å²) >= 11 is 6.13. The summed E-state index contributed by atoms with van der Waals surface area (Å²) in [6, 6.07) is 0.456. The second-order valence-corrected chi connectivity index (χ2v) is 8.80. The van der Waals surface area contributed by atoms with Crippen LogP contribution in [0.3, 0.4) is 0 Å². The molecule has 0 N–H and O–H groups in total. The van der Waals surface area contributed by atoms with Gasteiger partial charge in [0.2, 0.25) is 5.91 Å². The largest absolute Gasteiger partial charge is 0.342 e. The van der Waals surface area contributed by atoms with E-state index in [1.54, 1.807) is 17.9 Å². The minimum atomic E-state index is -0.0789. The molecule has 4 rings (SSSR count). The standard InChI is InChI=1S/C20H30ClN5O2/c1-23-14-17(21)18(22-23)20(28)25-11-6-16(7-12-25)26-10-4-5-15(13-26)19(27)24-8-2-3-9-24/h14-16H,2-13H2,1H3/t15-/m1/s1. The molecule has 7 nitrogen and oxygen atoms in total. The summed E-state index contributed by atoms with van der Waals surface area (Å²) in [5.41, 5.74) is 0.344. The van der Waals surface area contributed by atoms with E-state index in [0.717, 1.165) is 77.8 Å². The van der Waals surface area contributed by atoms with Crippen molar-refractivity contribution in [3.05, 3.63) is 16.9 Å². The predicted molar refractivity (Wildman–Crippen MR) is 107 cm³/mol. The fourth-order valence-electron chi connectivity index (χ4n) is 4.92. The second-order valence-electron chi connectivity index (χ2n) is 8.39. The third kappa shape index (κ3) is 4.06. The number of likely N-dealkylation sites (tertiary alicyclic amines) is 3. The van der Waals surface area contributed by atoms with Crippen LogP contribution in [0.1, 0.15) is 49.0 Å². The molecule has 0 unspecified atom stereocenters. The highest BCUT2D eigenvalue weighted by Gasteiger charge is 2.35. The van der Waals surface area contributed by atoms with Crippen molar-refractivity contribution in [2.75, 3.05) is 39.3 Å². The molecule has 3 aliphatic rings. The van der Waals surface area contributed by atoms with Crippen molar-refractivity contribution < 1.29 is 9.59 Å². The molecule has 0 aromatic carbocycles. The molecule has 0 bridgehead atoms. The maximum atomic E-state index is 12.8. The zero-order valence-electron chi connectivity index (χ0n) is 16.6. The lowest BCUT2D eigenvalue weighted by atomic mass is 9.93. The Balaban J connectivity index is 1.31. The SMILES string of the molecule is Cn1cc(Cl)c(C(=O)N2CCC(N3CCC[C@@H](C(=O)N4CCCC4)C3)CC2)n1. The van der Waals surface area contributed by atoms with Gasteiger partial charge in [0.15, 0.2) is 5.69 Å². The van der Waals surface area contributed by atoms with Crippen molar-refractivity contribution in [1.82, 2.24) is 24.5 Å². The Labute approximate surface area is 171 Å². The van der Waals surface area contributed by atoms with Crippen molar-refractivity contribution in [2.24, 2.45) is 13.0 Å². The molecule has 3 saturated heterocycles. The zero-order valence-corrected chi connectivity index (χ0v) is 17.4. The highest BCUT2D eigenvalue weighted by atomic mass is 35.5. The molecular formula is C20H30ClN5O2. The zero-order chi connectivity index (χ0) is 19.7. The van der Waals surface area contributed by atoms with E-state index in [9.17, 15) is 9.59 Å². The van der Waals surface area contributed by atoms with E-state index < -0.39 is 0 Å². The second kappa shape index (κ2) is 8.41. The highest BCUT2D eigenvalue weighted by molar-refractivity contribution is 6.33. The van der Waals surface area contributed by atoms with Crippen LogP contribution in [0.5, 0.6) is 0 Å². The monoisotopic (exact) mass is 407 g/mol. The fourth-order valence-corrected chi connectivity index (χ4v) is 5.18. The minimum absolute atomic E-state index is 0.0789. The first kappa shape index (κ1) is 19.7. The van der Waals surface area contributed by atoms with Crippen LogP contribution in [-0.4, -0.2) is 81.6 Å². The van der Waals surface area contributed by atoms with Gasteiger partial charge in [0, 0.05) is 52.0 Å². The number of piperidine rings is 2. The van der Waals surface area contributed by atoms with Gasteiger partial charge in [0.25, 0.3) is 5.91 Å². The highest BCUT2D eigenvalue weighted by Crippen LogP contribution is 2.27. The number of rotatable bonds is 3. The molecule has 1 aromatic rings. The summed E-state index contributed by atoms with van der Waals surface area (Å²) in [5.74, 6) is 0.434. The van der Waals surface area contributed by atoms with Gasteiger partial charge < -0.3 is 9.80 Å². The van der Waals surface area contributed by atoms with E-state index >= 15 is 0 Å². The van der Waals surface area contributed by atoms with Crippen LogP contribution in [0, 0.1) is 5.92 Å². The Morgan fingerprint density at radius 2 is 1.71 bits per heavy atom. The first-order valence-electron chi connectivity index (χ1n) is 10.5. The van der Waals surface area contributed by atoms with Crippen LogP contribution in [0.15, 0.2) is 6.20 Å². The van der Waals surface area contributed by atoms with Gasteiger partial charge in [0.05, 0.1) is 10.9 Å². The fraction of sp³-hybridized carbons (Fsp3) is 0.750. The smallest absolute Gasteiger partial charge is 0.275 e. The molecule has 0 spiro atoms. The van der Waals surface area contributed by atoms with Gasteiger partial charge in [-0.25, -0.2) is 0 Å². The molecule has 28 heavy (non-hydrogen) atoms. The van der Waals surface area contributed by atoms with Gasteiger partial charge in [-0.15, -0.1) is 0 Å². The van der Waals surface area contributed by atoms with Gasteiger partial charge in [-0.2, -0.15) is 5.10 Å². The number of nitrogens with zero attached hydrogens (tertiary/aromatic N) is 5. The van der Waals surface area contributed by atoms with Gasteiger partial charge in [-0.1, -0.05) is 11.6 Å². The molecule has 3 aliphatic heterocycles. The summed E-state index contributed by atoms with van der Waals surface area (Å²) in [7, 11) is 1.77. The lowest BCUT2D eigenvalue weighted by Crippen LogP contribution is -2.51. The molecule has 8 heteroatoms. The maximum absolute atomic E-state index is 12.8. The van der Waals surface area contributed by atoms with E-state index in [4.69, 9.17) is 11.6 Å². The summed E-state index contributed by atoms with van der Waals surface area (Å²) in [5, 5.41) is 4.61. The number of aromatic nitrogens is 2. The summed E-state index contributed by atoms with van der Waals surface area (Å²) < 4.78 is 1.58. The minimum Gasteiger partial charge on any atom is -0.342 e. The van der Waals surface area contributed by atoms with Crippen molar-refractivity contribution in [2.45, 2.75) is 44.6 Å². The van der Waals surface area contributed by atoms with Crippen LogP contribution in [0.4, 0.5) is 0 Å². The maximum Gasteiger partial charge on any atom is 0.275 e. The molecule has 4 heterocycles. The van der Waals surface area contributed by atoms with Gasteiger partial charge in [0.1, 0.15) is 0 Å². The molecular weight excluding hydrogens is 378 g/mol. The van der Waals surface area contributed by atoms with Crippen LogP contribution in [0.25, 0.3) is 0 Å². The van der Waals surface area contributed by atoms with Crippen molar-refractivity contribution in [3.63, 3.8) is 0 Å². The number of amides is 2. The number of carbonyl (C=O) groups is 2. The van der Waals surface area contributed by atoms with Crippen molar-refractivity contribution in [1.29, 1.82) is 0 Å². The van der Waals surface area contributed by atoms with E-state index in [1.165, 1.54) is 0 Å². The summed E-state index contributed by atoms with van der Waals surface area (Å²) in [4.78, 5) is 31.9. The molecule has 0 radical (unpaired) electrons. The number of hydrogen-bond acceptors (Lipinski definition) is 4. The molecule has 1 aromatic heterocycles. The van der Waals surface area contributed by atoms with Crippen LogP contribution >= 0.6 is 11.6 Å². The number of carbonyl (C=O) groups excluding carboxylic acids is 2. The molecule has 0 aliphatic carbocycles. The number of aryl methyl sites for hydroxylation is 1. The van der Waals surface area contributed by atoms with E-state index in [2.05, 4.69) is 14.9 Å². The Morgan fingerprint density at radius 1 is 1.00 bits per heavy atom. The van der Waals surface area contributed by atoms with E-state index in [-0.39, 0.29) is 11.8 Å². The van der Waals surface area contributed by atoms with Crippen LogP contribution in [-0.2, 0) is 11.8 Å². The van der Waals surface area contributed by atoms with Gasteiger partial charge >= 0.3 is 0 Å². The lowest BCUT2D eigenvalue weighted by molar-refractivity contribution is -0.136. The summed E-state index contributed by atoms with van der Waals surface area (Å²) in [6.07, 6.45) is 7.95. The Bertz CT molecular complexity index is 722.